The third-order valence-corrected chi connectivity index (χ3v) is 3.20. The zero-order valence-corrected chi connectivity index (χ0v) is 11.4. The number of nitrogens with zero attached hydrogens (tertiary/aromatic N) is 3. The van der Waals surface area contributed by atoms with Gasteiger partial charge in [0.15, 0.2) is 0 Å². The molecule has 0 bridgehead atoms. The number of nitriles is 1. The Morgan fingerprint density at radius 2 is 1.95 bits per heavy atom. The van der Waals surface area contributed by atoms with Gasteiger partial charge >= 0.3 is 0 Å². The SMILES string of the molecule is N#C/C(=C\c1ccccc1[N+](=O)[O-])c1nc2ccccc2[nH]1. The van der Waals surface area contributed by atoms with Crippen molar-refractivity contribution in [3.63, 3.8) is 0 Å². The van der Waals surface area contributed by atoms with E-state index < -0.39 is 4.92 Å². The molecule has 22 heavy (non-hydrogen) atoms. The first kappa shape index (κ1) is 13.5. The molecule has 0 aliphatic rings. The molecule has 2 aromatic carbocycles. The number of aromatic amines is 1. The number of nitrogens with one attached hydrogen (secondary N) is 1. The van der Waals surface area contributed by atoms with E-state index in [1.54, 1.807) is 18.2 Å². The Morgan fingerprint density at radius 1 is 1.23 bits per heavy atom. The summed E-state index contributed by atoms with van der Waals surface area (Å²) in [6.45, 7) is 0. The molecule has 0 atom stereocenters. The van der Waals surface area contributed by atoms with Crippen molar-refractivity contribution >= 4 is 28.4 Å². The van der Waals surface area contributed by atoms with Crippen LogP contribution in [0.4, 0.5) is 5.69 Å². The number of H-pyrrole nitrogens is 1. The van der Waals surface area contributed by atoms with Crippen LogP contribution in [0.25, 0.3) is 22.7 Å². The number of fused-ring (bicyclic) bond motifs is 1. The van der Waals surface area contributed by atoms with E-state index >= 15 is 0 Å². The van der Waals surface area contributed by atoms with Gasteiger partial charge in [0.25, 0.3) is 5.69 Å². The predicted molar refractivity (Wildman–Crippen MR) is 82.7 cm³/mol. The lowest BCUT2D eigenvalue weighted by Crippen LogP contribution is -1.92. The number of hydrogen-bond acceptors (Lipinski definition) is 4. The van der Waals surface area contributed by atoms with Crippen molar-refractivity contribution in [1.82, 2.24) is 9.97 Å². The molecule has 3 rings (SSSR count). The van der Waals surface area contributed by atoms with Gasteiger partial charge in [0.05, 0.1) is 27.1 Å². The molecule has 6 nitrogen and oxygen atoms in total. The Hall–Kier alpha value is -3.46. The minimum atomic E-state index is -0.473. The molecule has 0 saturated heterocycles. The summed E-state index contributed by atoms with van der Waals surface area (Å²) >= 11 is 0. The molecule has 0 saturated carbocycles. The van der Waals surface area contributed by atoms with Crippen LogP contribution < -0.4 is 0 Å². The van der Waals surface area contributed by atoms with Gasteiger partial charge in [-0.15, -0.1) is 0 Å². The van der Waals surface area contributed by atoms with Crippen LogP contribution in [0.15, 0.2) is 48.5 Å². The minimum Gasteiger partial charge on any atom is -0.337 e. The van der Waals surface area contributed by atoms with Crippen LogP contribution in [-0.4, -0.2) is 14.9 Å². The van der Waals surface area contributed by atoms with Gasteiger partial charge in [0.2, 0.25) is 0 Å². The van der Waals surface area contributed by atoms with E-state index in [9.17, 15) is 15.4 Å². The number of aromatic nitrogens is 2. The van der Waals surface area contributed by atoms with Crippen molar-refractivity contribution in [2.45, 2.75) is 0 Å². The largest absolute Gasteiger partial charge is 0.337 e. The number of imidazole rings is 1. The van der Waals surface area contributed by atoms with Crippen LogP contribution >= 0.6 is 0 Å². The van der Waals surface area contributed by atoms with Crippen molar-refractivity contribution in [2.75, 3.05) is 0 Å². The molecule has 1 aromatic heterocycles. The summed E-state index contributed by atoms with van der Waals surface area (Å²) in [6.07, 6.45) is 1.47. The highest BCUT2D eigenvalue weighted by molar-refractivity contribution is 5.91. The van der Waals surface area contributed by atoms with Crippen LogP contribution in [0.5, 0.6) is 0 Å². The molecule has 0 amide bonds. The molecular formula is C16H10N4O2. The zero-order valence-electron chi connectivity index (χ0n) is 11.4. The fourth-order valence-corrected chi connectivity index (χ4v) is 2.17. The van der Waals surface area contributed by atoms with Crippen LogP contribution in [-0.2, 0) is 0 Å². The maximum Gasteiger partial charge on any atom is 0.276 e. The topological polar surface area (TPSA) is 95.6 Å². The minimum absolute atomic E-state index is 0.0497. The molecule has 0 fully saturated rings. The Labute approximate surface area is 125 Å². The molecule has 106 valence electrons. The van der Waals surface area contributed by atoms with Crippen molar-refractivity contribution < 1.29 is 4.92 Å². The fourth-order valence-electron chi connectivity index (χ4n) is 2.17. The third kappa shape index (κ3) is 2.43. The van der Waals surface area contributed by atoms with Gasteiger partial charge in [-0.05, 0) is 24.3 Å². The van der Waals surface area contributed by atoms with Crippen molar-refractivity contribution in [2.24, 2.45) is 0 Å². The monoisotopic (exact) mass is 290 g/mol. The van der Waals surface area contributed by atoms with Gasteiger partial charge in [-0.2, -0.15) is 5.26 Å². The van der Waals surface area contributed by atoms with Gasteiger partial charge in [-0.3, -0.25) is 10.1 Å². The van der Waals surface area contributed by atoms with E-state index in [1.807, 2.05) is 30.3 Å². The summed E-state index contributed by atoms with van der Waals surface area (Å²) in [6, 6.07) is 15.7. The Balaban J connectivity index is 2.12. The third-order valence-electron chi connectivity index (χ3n) is 3.20. The number of nitro groups is 1. The van der Waals surface area contributed by atoms with E-state index in [4.69, 9.17) is 0 Å². The molecular weight excluding hydrogens is 280 g/mol. The maximum absolute atomic E-state index is 11.0. The summed E-state index contributed by atoms with van der Waals surface area (Å²) < 4.78 is 0. The molecule has 0 unspecified atom stereocenters. The van der Waals surface area contributed by atoms with E-state index in [1.165, 1.54) is 12.1 Å². The highest BCUT2D eigenvalue weighted by Crippen LogP contribution is 2.24. The maximum atomic E-state index is 11.0. The normalized spacial score (nSPS) is 11.3. The Bertz CT molecular complexity index is 901. The number of para-hydroxylation sites is 3. The Kier molecular flexibility index (Phi) is 3.38. The standard InChI is InChI=1S/C16H10N4O2/c17-10-12(9-11-5-1-4-8-15(11)20(21)22)16-18-13-6-2-3-7-14(13)19-16/h1-9H,(H,18,19)/b12-9+. The van der Waals surface area contributed by atoms with Crippen LogP contribution in [0.3, 0.4) is 0 Å². The van der Waals surface area contributed by atoms with E-state index in [0.29, 0.717) is 11.4 Å². The lowest BCUT2D eigenvalue weighted by molar-refractivity contribution is -0.385. The lowest BCUT2D eigenvalue weighted by atomic mass is 10.1. The molecule has 0 aliphatic carbocycles. The summed E-state index contributed by atoms with van der Waals surface area (Å²) in [4.78, 5) is 17.9. The lowest BCUT2D eigenvalue weighted by Gasteiger charge is -1.98. The van der Waals surface area contributed by atoms with Gasteiger partial charge in [-0.25, -0.2) is 4.98 Å². The van der Waals surface area contributed by atoms with Crippen molar-refractivity contribution in [3.8, 4) is 6.07 Å². The van der Waals surface area contributed by atoms with E-state index in [2.05, 4.69) is 9.97 Å². The summed E-state index contributed by atoms with van der Waals surface area (Å²) in [5.74, 6) is 0.391. The number of benzene rings is 2. The second-order valence-corrected chi connectivity index (χ2v) is 4.59. The molecule has 1 N–H and O–H groups in total. The summed E-state index contributed by atoms with van der Waals surface area (Å²) in [7, 11) is 0. The second-order valence-electron chi connectivity index (χ2n) is 4.59. The highest BCUT2D eigenvalue weighted by atomic mass is 16.6. The number of rotatable bonds is 3. The number of hydrogen-bond donors (Lipinski definition) is 1. The fraction of sp³-hybridized carbons (Fsp3) is 0. The number of nitro benzene ring substituents is 1. The van der Waals surface area contributed by atoms with Crippen LogP contribution in [0.2, 0.25) is 0 Å². The smallest absolute Gasteiger partial charge is 0.276 e. The van der Waals surface area contributed by atoms with Gasteiger partial charge < -0.3 is 4.98 Å². The number of allylic oxidation sites excluding steroid dienone is 1. The second kappa shape index (κ2) is 5.50. The van der Waals surface area contributed by atoms with Crippen LogP contribution in [0, 0.1) is 21.4 Å². The highest BCUT2D eigenvalue weighted by Gasteiger charge is 2.13. The van der Waals surface area contributed by atoms with E-state index in [-0.39, 0.29) is 11.3 Å². The van der Waals surface area contributed by atoms with Gasteiger partial charge in [0, 0.05) is 6.07 Å². The first-order chi connectivity index (χ1) is 10.7. The first-order valence-corrected chi connectivity index (χ1v) is 6.49. The predicted octanol–water partition coefficient (Wildman–Crippen LogP) is 3.54. The summed E-state index contributed by atoms with van der Waals surface area (Å²) in [5.41, 5.74) is 2.10. The Morgan fingerprint density at radius 3 is 2.68 bits per heavy atom. The van der Waals surface area contributed by atoms with Crippen molar-refractivity contribution in [1.29, 1.82) is 5.26 Å². The zero-order chi connectivity index (χ0) is 15.5. The van der Waals surface area contributed by atoms with Crippen LogP contribution in [0.1, 0.15) is 11.4 Å². The quantitative estimate of drug-likeness (QED) is 0.453. The summed E-state index contributed by atoms with van der Waals surface area (Å²) in [5, 5.41) is 20.4. The van der Waals surface area contributed by atoms with E-state index in [0.717, 1.165) is 11.0 Å². The van der Waals surface area contributed by atoms with Gasteiger partial charge in [-0.1, -0.05) is 24.3 Å². The molecule has 0 aliphatic heterocycles. The molecule has 0 radical (unpaired) electrons. The average Bonchev–Trinajstić information content (AvgIpc) is 2.96. The van der Waals surface area contributed by atoms with Gasteiger partial charge in [0.1, 0.15) is 11.9 Å². The molecule has 1 heterocycles. The molecule has 6 heteroatoms. The molecule has 3 aromatic rings. The molecule has 0 spiro atoms. The van der Waals surface area contributed by atoms with Crippen molar-refractivity contribution in [3.05, 3.63) is 70.0 Å². The first-order valence-electron chi connectivity index (χ1n) is 6.49. The average molecular weight is 290 g/mol.